The molecule has 0 fully saturated rings. The zero-order valence-corrected chi connectivity index (χ0v) is 16.1. The lowest BCUT2D eigenvalue weighted by Gasteiger charge is -2.06. The Morgan fingerprint density at radius 3 is 2.57 bits per heavy atom. The first kappa shape index (κ1) is 19.6. The minimum Gasteiger partial charge on any atom is -0.323 e. The smallest absolute Gasteiger partial charge is 0.239 e. The van der Waals surface area contributed by atoms with Crippen LogP contribution in [0.15, 0.2) is 60.9 Å². The molecular weight excluding hydrogens is 400 g/mol. The fraction of sp³-hybridized carbons (Fsp3) is 0.105. The number of nitriles is 1. The van der Waals surface area contributed by atoms with Crippen molar-refractivity contribution in [2.75, 3.05) is 11.1 Å². The summed E-state index contributed by atoms with van der Waals surface area (Å²) in [5, 5.41) is 15.9. The van der Waals surface area contributed by atoms with Gasteiger partial charge in [-0.15, -0.1) is 0 Å². The van der Waals surface area contributed by atoms with Gasteiger partial charge < -0.3 is 5.32 Å². The lowest BCUT2D eigenvalue weighted by atomic mass is 10.2. The zero-order chi connectivity index (χ0) is 20.1. The van der Waals surface area contributed by atoms with Crippen LogP contribution in [0.2, 0.25) is 5.02 Å². The minimum atomic E-state index is -3.67. The highest BCUT2D eigenvalue weighted by Crippen LogP contribution is 2.20. The summed E-state index contributed by atoms with van der Waals surface area (Å²) >= 11 is 6.11. The van der Waals surface area contributed by atoms with Crippen LogP contribution in [0.4, 0.5) is 5.69 Å². The summed E-state index contributed by atoms with van der Waals surface area (Å²) in [5.41, 5.74) is 1.95. The topological polar surface area (TPSA) is 105 Å². The van der Waals surface area contributed by atoms with E-state index in [2.05, 4.69) is 10.4 Å². The lowest BCUT2D eigenvalue weighted by Crippen LogP contribution is -2.23. The molecule has 0 bridgehead atoms. The number of hydrogen-bond acceptors (Lipinski definition) is 5. The summed E-state index contributed by atoms with van der Waals surface area (Å²) < 4.78 is 26.0. The third kappa shape index (κ3) is 4.97. The quantitative estimate of drug-likeness (QED) is 0.667. The molecule has 0 saturated heterocycles. The van der Waals surface area contributed by atoms with Crippen molar-refractivity contribution in [1.82, 2.24) is 9.78 Å². The van der Waals surface area contributed by atoms with E-state index in [9.17, 15) is 13.2 Å². The van der Waals surface area contributed by atoms with E-state index in [-0.39, 0.29) is 5.75 Å². The van der Waals surface area contributed by atoms with Crippen LogP contribution in [0.5, 0.6) is 0 Å². The van der Waals surface area contributed by atoms with Gasteiger partial charge in [0.25, 0.3) is 0 Å². The number of benzene rings is 2. The molecule has 0 spiro atoms. The monoisotopic (exact) mass is 414 g/mol. The number of para-hydroxylation sites is 1. The largest absolute Gasteiger partial charge is 0.323 e. The molecule has 1 N–H and O–H groups in total. The number of rotatable bonds is 6. The van der Waals surface area contributed by atoms with Gasteiger partial charge in [-0.25, -0.2) is 13.1 Å². The summed E-state index contributed by atoms with van der Waals surface area (Å²) in [6.45, 7) is 0. The van der Waals surface area contributed by atoms with Crippen molar-refractivity contribution in [3.05, 3.63) is 77.1 Å². The predicted octanol–water partition coefficient (Wildman–Crippen LogP) is 2.95. The standard InChI is InChI=1S/C19H15ClN4O3S/c20-17-3-1-2-4-18(17)24-11-16(10-22-24)23-19(25)13-28(26,27)12-15-7-5-14(9-21)6-8-15/h1-8,10-11H,12-13H2,(H,23,25). The van der Waals surface area contributed by atoms with Crippen LogP contribution in [0.25, 0.3) is 5.69 Å². The molecule has 3 rings (SSSR count). The Balaban J connectivity index is 1.63. The van der Waals surface area contributed by atoms with Gasteiger partial charge in [0.1, 0.15) is 5.75 Å². The highest BCUT2D eigenvalue weighted by molar-refractivity contribution is 7.91. The molecule has 3 aromatic rings. The second kappa shape index (κ2) is 8.25. The first-order chi connectivity index (χ1) is 13.4. The molecule has 1 heterocycles. The first-order valence-electron chi connectivity index (χ1n) is 8.15. The van der Waals surface area contributed by atoms with Gasteiger partial charge in [0.2, 0.25) is 5.91 Å². The maximum atomic E-state index is 12.3. The van der Waals surface area contributed by atoms with Crippen LogP contribution >= 0.6 is 11.6 Å². The molecule has 0 radical (unpaired) electrons. The third-order valence-electron chi connectivity index (χ3n) is 3.79. The highest BCUT2D eigenvalue weighted by Gasteiger charge is 2.18. The average molecular weight is 415 g/mol. The number of nitrogens with zero attached hydrogens (tertiary/aromatic N) is 3. The molecule has 7 nitrogen and oxygen atoms in total. The Hall–Kier alpha value is -3.15. The van der Waals surface area contributed by atoms with Gasteiger partial charge in [-0.3, -0.25) is 4.79 Å². The SMILES string of the molecule is N#Cc1ccc(CS(=O)(=O)CC(=O)Nc2cnn(-c3ccccc3Cl)c2)cc1. The number of halogens is 1. The Morgan fingerprint density at radius 1 is 1.18 bits per heavy atom. The molecule has 9 heteroatoms. The van der Waals surface area contributed by atoms with Gasteiger partial charge >= 0.3 is 0 Å². The Kier molecular flexibility index (Phi) is 5.78. The van der Waals surface area contributed by atoms with Crippen LogP contribution in [-0.4, -0.2) is 29.9 Å². The molecule has 0 atom stereocenters. The highest BCUT2D eigenvalue weighted by atomic mass is 35.5. The summed E-state index contributed by atoms with van der Waals surface area (Å²) in [5.74, 6) is -1.61. The van der Waals surface area contributed by atoms with Crippen LogP contribution < -0.4 is 5.32 Å². The van der Waals surface area contributed by atoms with Crippen LogP contribution in [0.1, 0.15) is 11.1 Å². The fourth-order valence-corrected chi connectivity index (χ4v) is 4.03. The van der Waals surface area contributed by atoms with E-state index in [0.29, 0.717) is 27.5 Å². The van der Waals surface area contributed by atoms with Crippen LogP contribution in [-0.2, 0) is 20.4 Å². The van der Waals surface area contributed by atoms with Crippen molar-refractivity contribution in [2.24, 2.45) is 0 Å². The van der Waals surface area contributed by atoms with Crippen LogP contribution in [0, 0.1) is 11.3 Å². The molecule has 0 aliphatic heterocycles. The molecular formula is C19H15ClN4O3S. The number of sulfone groups is 1. The number of amides is 1. The third-order valence-corrected chi connectivity index (χ3v) is 5.58. The van der Waals surface area contributed by atoms with Crippen molar-refractivity contribution in [2.45, 2.75) is 5.75 Å². The van der Waals surface area contributed by atoms with Crippen molar-refractivity contribution in [1.29, 1.82) is 5.26 Å². The second-order valence-electron chi connectivity index (χ2n) is 6.01. The molecule has 142 valence electrons. The molecule has 0 unspecified atom stereocenters. The van der Waals surface area contributed by atoms with E-state index >= 15 is 0 Å². The fourth-order valence-electron chi connectivity index (χ4n) is 2.53. The number of carbonyl (C=O) groups excluding carboxylic acids is 1. The molecule has 28 heavy (non-hydrogen) atoms. The molecule has 0 aliphatic carbocycles. The number of carbonyl (C=O) groups is 1. The summed E-state index contributed by atoms with van der Waals surface area (Å²) in [7, 11) is -3.67. The summed E-state index contributed by atoms with van der Waals surface area (Å²) in [4.78, 5) is 12.1. The van der Waals surface area contributed by atoms with Gasteiger partial charge in [0, 0.05) is 0 Å². The Labute approximate surface area is 167 Å². The van der Waals surface area contributed by atoms with Crippen molar-refractivity contribution in [3.8, 4) is 11.8 Å². The number of anilines is 1. The zero-order valence-electron chi connectivity index (χ0n) is 14.5. The van der Waals surface area contributed by atoms with Crippen molar-refractivity contribution in [3.63, 3.8) is 0 Å². The Bertz CT molecular complexity index is 1150. The van der Waals surface area contributed by atoms with E-state index in [1.165, 1.54) is 23.0 Å². The number of aromatic nitrogens is 2. The van der Waals surface area contributed by atoms with Gasteiger partial charge in [0.05, 0.1) is 46.2 Å². The molecule has 1 amide bonds. The molecule has 1 aromatic heterocycles. The maximum Gasteiger partial charge on any atom is 0.239 e. The first-order valence-corrected chi connectivity index (χ1v) is 10.3. The van der Waals surface area contributed by atoms with Gasteiger partial charge in [-0.1, -0.05) is 35.9 Å². The molecule has 0 aliphatic rings. The number of nitrogens with one attached hydrogen (secondary N) is 1. The van der Waals surface area contributed by atoms with E-state index in [4.69, 9.17) is 16.9 Å². The van der Waals surface area contributed by atoms with Gasteiger partial charge in [-0.2, -0.15) is 10.4 Å². The van der Waals surface area contributed by atoms with Crippen molar-refractivity contribution >= 4 is 33.0 Å². The van der Waals surface area contributed by atoms with Gasteiger partial charge in [0.15, 0.2) is 9.84 Å². The van der Waals surface area contributed by atoms with Gasteiger partial charge in [-0.05, 0) is 29.8 Å². The van der Waals surface area contributed by atoms with E-state index in [1.807, 2.05) is 6.07 Å². The number of hydrogen-bond donors (Lipinski definition) is 1. The Morgan fingerprint density at radius 2 is 1.89 bits per heavy atom. The molecule has 2 aromatic carbocycles. The van der Waals surface area contributed by atoms with E-state index < -0.39 is 21.5 Å². The summed E-state index contributed by atoms with van der Waals surface area (Å²) in [6.07, 6.45) is 2.96. The normalized spacial score (nSPS) is 11.0. The molecule has 0 saturated carbocycles. The lowest BCUT2D eigenvalue weighted by molar-refractivity contribution is -0.113. The maximum absolute atomic E-state index is 12.3. The van der Waals surface area contributed by atoms with E-state index in [0.717, 1.165) is 0 Å². The summed E-state index contributed by atoms with van der Waals surface area (Å²) in [6, 6.07) is 15.2. The van der Waals surface area contributed by atoms with Crippen molar-refractivity contribution < 1.29 is 13.2 Å². The average Bonchev–Trinajstić information content (AvgIpc) is 3.09. The predicted molar refractivity (Wildman–Crippen MR) is 106 cm³/mol. The van der Waals surface area contributed by atoms with E-state index in [1.54, 1.807) is 42.6 Å². The van der Waals surface area contributed by atoms with Crippen LogP contribution in [0.3, 0.4) is 0 Å². The minimum absolute atomic E-state index is 0.287. The second-order valence-corrected chi connectivity index (χ2v) is 8.49.